The van der Waals surface area contributed by atoms with Gasteiger partial charge in [0, 0.05) is 5.92 Å². The van der Waals surface area contributed by atoms with Gasteiger partial charge in [-0.15, -0.1) is 0 Å². The number of benzene rings is 2. The monoisotopic (exact) mass is 238 g/mol. The summed E-state index contributed by atoms with van der Waals surface area (Å²) in [5.41, 5.74) is 5.56. The minimum atomic E-state index is -0.218. The van der Waals surface area contributed by atoms with Crippen molar-refractivity contribution < 1.29 is 5.11 Å². The largest absolute Gasteiger partial charge is 0.393 e. The first kappa shape index (κ1) is 11.5. The fourth-order valence-electron chi connectivity index (χ4n) is 2.98. The van der Waals surface area contributed by atoms with E-state index in [4.69, 9.17) is 0 Å². The van der Waals surface area contributed by atoms with E-state index in [1.165, 1.54) is 22.3 Å². The van der Waals surface area contributed by atoms with E-state index >= 15 is 0 Å². The summed E-state index contributed by atoms with van der Waals surface area (Å²) in [6, 6.07) is 17.3. The number of aliphatic hydroxyl groups excluding tert-OH is 1. The average molecular weight is 238 g/mol. The van der Waals surface area contributed by atoms with E-state index in [0.717, 1.165) is 12.8 Å². The average Bonchev–Trinajstić information content (AvgIpc) is 2.71. The van der Waals surface area contributed by atoms with Gasteiger partial charge in [-0.05, 0) is 42.0 Å². The number of hydrogen-bond acceptors (Lipinski definition) is 1. The summed E-state index contributed by atoms with van der Waals surface area (Å²) in [6.45, 7) is 1.87. The second-order valence-corrected chi connectivity index (χ2v) is 5.15. The predicted molar refractivity (Wildman–Crippen MR) is 74.6 cm³/mol. The molecule has 0 amide bonds. The maximum Gasteiger partial charge on any atom is 0.0512 e. The molecule has 0 fully saturated rings. The third-order valence-electron chi connectivity index (χ3n) is 3.84. The van der Waals surface area contributed by atoms with E-state index in [-0.39, 0.29) is 6.10 Å². The zero-order valence-corrected chi connectivity index (χ0v) is 10.6. The molecule has 18 heavy (non-hydrogen) atoms. The van der Waals surface area contributed by atoms with E-state index in [1.54, 1.807) is 0 Å². The van der Waals surface area contributed by atoms with Crippen LogP contribution in [0, 0.1) is 0 Å². The summed E-state index contributed by atoms with van der Waals surface area (Å²) in [5, 5.41) is 9.51. The molecule has 0 aromatic heterocycles. The molecule has 1 nitrogen and oxygen atoms in total. The third-order valence-corrected chi connectivity index (χ3v) is 3.84. The van der Waals surface area contributed by atoms with Gasteiger partial charge in [-0.1, -0.05) is 48.5 Å². The van der Waals surface area contributed by atoms with E-state index in [0.29, 0.717) is 5.92 Å². The summed E-state index contributed by atoms with van der Waals surface area (Å²) < 4.78 is 0. The lowest BCUT2D eigenvalue weighted by Crippen LogP contribution is -2.04. The zero-order valence-electron chi connectivity index (χ0n) is 10.6. The topological polar surface area (TPSA) is 20.2 Å². The van der Waals surface area contributed by atoms with Crippen LogP contribution in [0.2, 0.25) is 0 Å². The molecule has 0 spiro atoms. The van der Waals surface area contributed by atoms with E-state index in [9.17, 15) is 5.11 Å². The van der Waals surface area contributed by atoms with Gasteiger partial charge >= 0.3 is 0 Å². The lowest BCUT2D eigenvalue weighted by molar-refractivity contribution is 0.180. The fourth-order valence-corrected chi connectivity index (χ4v) is 2.98. The first-order chi connectivity index (χ1) is 8.77. The second kappa shape index (κ2) is 4.58. The van der Waals surface area contributed by atoms with Crippen LogP contribution in [0.3, 0.4) is 0 Å². The van der Waals surface area contributed by atoms with Gasteiger partial charge in [0.2, 0.25) is 0 Å². The van der Waals surface area contributed by atoms with Gasteiger partial charge in [0.1, 0.15) is 0 Å². The van der Waals surface area contributed by atoms with Crippen LogP contribution in [-0.4, -0.2) is 11.2 Å². The highest BCUT2D eigenvalue weighted by atomic mass is 16.3. The van der Waals surface area contributed by atoms with Crippen molar-refractivity contribution in [3.05, 3.63) is 59.7 Å². The molecule has 0 aliphatic heterocycles. The first-order valence-corrected chi connectivity index (χ1v) is 6.63. The normalized spacial score (nSPS) is 15.2. The minimum Gasteiger partial charge on any atom is -0.393 e. The Hall–Kier alpha value is -1.60. The van der Waals surface area contributed by atoms with Crippen LogP contribution in [0.15, 0.2) is 48.5 Å². The van der Waals surface area contributed by atoms with Gasteiger partial charge in [0.25, 0.3) is 0 Å². The molecule has 0 radical (unpaired) electrons. The van der Waals surface area contributed by atoms with E-state index < -0.39 is 0 Å². The highest BCUT2D eigenvalue weighted by Gasteiger charge is 2.27. The number of hydrogen-bond donors (Lipinski definition) is 1. The molecule has 1 aliphatic carbocycles. The molecule has 0 unspecified atom stereocenters. The van der Waals surface area contributed by atoms with Gasteiger partial charge in [-0.3, -0.25) is 0 Å². The van der Waals surface area contributed by atoms with Crippen molar-refractivity contribution in [1.82, 2.24) is 0 Å². The van der Waals surface area contributed by atoms with Crippen molar-refractivity contribution in [3.63, 3.8) is 0 Å². The van der Waals surface area contributed by atoms with Crippen LogP contribution in [0.1, 0.15) is 36.8 Å². The zero-order chi connectivity index (χ0) is 12.5. The SMILES string of the molecule is C[C@@H](O)CCC1c2ccccc2-c2ccccc21. The van der Waals surface area contributed by atoms with Crippen molar-refractivity contribution >= 4 is 0 Å². The van der Waals surface area contributed by atoms with Crippen molar-refractivity contribution in [2.45, 2.75) is 31.8 Å². The van der Waals surface area contributed by atoms with Crippen molar-refractivity contribution in [2.24, 2.45) is 0 Å². The van der Waals surface area contributed by atoms with E-state index in [1.807, 2.05) is 6.92 Å². The summed E-state index contributed by atoms with van der Waals surface area (Å²) >= 11 is 0. The molecule has 1 N–H and O–H groups in total. The molecular weight excluding hydrogens is 220 g/mol. The van der Waals surface area contributed by atoms with Crippen LogP contribution >= 0.6 is 0 Å². The summed E-state index contributed by atoms with van der Waals surface area (Å²) in [4.78, 5) is 0. The first-order valence-electron chi connectivity index (χ1n) is 6.63. The van der Waals surface area contributed by atoms with Crippen molar-refractivity contribution in [3.8, 4) is 11.1 Å². The van der Waals surface area contributed by atoms with Crippen LogP contribution in [0.5, 0.6) is 0 Å². The van der Waals surface area contributed by atoms with Crippen LogP contribution in [0.25, 0.3) is 11.1 Å². The molecule has 1 atom stereocenters. The van der Waals surface area contributed by atoms with Gasteiger partial charge in [-0.2, -0.15) is 0 Å². The van der Waals surface area contributed by atoms with Crippen LogP contribution in [-0.2, 0) is 0 Å². The van der Waals surface area contributed by atoms with Crippen LogP contribution < -0.4 is 0 Å². The molecule has 92 valence electrons. The van der Waals surface area contributed by atoms with Gasteiger partial charge < -0.3 is 5.11 Å². The Bertz CT molecular complexity index is 512. The Kier molecular flexibility index (Phi) is 2.92. The second-order valence-electron chi connectivity index (χ2n) is 5.15. The molecule has 2 aromatic rings. The van der Waals surface area contributed by atoms with Gasteiger partial charge in [-0.25, -0.2) is 0 Å². The van der Waals surface area contributed by atoms with Crippen LogP contribution in [0.4, 0.5) is 0 Å². The Balaban J connectivity index is 2.03. The lowest BCUT2D eigenvalue weighted by atomic mass is 9.91. The number of fused-ring (bicyclic) bond motifs is 3. The van der Waals surface area contributed by atoms with Crippen molar-refractivity contribution in [2.75, 3.05) is 0 Å². The molecular formula is C17H18O. The lowest BCUT2D eigenvalue weighted by Gasteiger charge is -2.14. The molecule has 0 heterocycles. The Morgan fingerprint density at radius 1 is 0.944 bits per heavy atom. The Labute approximate surface area is 108 Å². The number of aliphatic hydroxyl groups is 1. The number of rotatable bonds is 3. The predicted octanol–water partition coefficient (Wildman–Crippen LogP) is 3.96. The summed E-state index contributed by atoms with van der Waals surface area (Å²) in [5.74, 6) is 0.451. The Morgan fingerprint density at radius 3 is 1.94 bits per heavy atom. The molecule has 3 rings (SSSR count). The molecule has 2 aromatic carbocycles. The minimum absolute atomic E-state index is 0.218. The molecule has 0 bridgehead atoms. The van der Waals surface area contributed by atoms with Gasteiger partial charge in [0.05, 0.1) is 6.10 Å². The van der Waals surface area contributed by atoms with Crippen molar-refractivity contribution in [1.29, 1.82) is 0 Å². The summed E-state index contributed by atoms with van der Waals surface area (Å²) in [6.07, 6.45) is 1.66. The Morgan fingerprint density at radius 2 is 1.44 bits per heavy atom. The third kappa shape index (κ3) is 1.85. The molecule has 0 saturated heterocycles. The standard InChI is InChI=1S/C17H18O/c1-12(18)10-11-17-15-8-4-2-6-13(15)14-7-3-5-9-16(14)17/h2-9,12,17-18H,10-11H2,1H3/t12-/m1/s1. The molecule has 1 heteroatoms. The smallest absolute Gasteiger partial charge is 0.0512 e. The quantitative estimate of drug-likeness (QED) is 0.858. The van der Waals surface area contributed by atoms with Gasteiger partial charge in [0.15, 0.2) is 0 Å². The highest BCUT2D eigenvalue weighted by Crippen LogP contribution is 2.46. The highest BCUT2D eigenvalue weighted by molar-refractivity contribution is 5.78. The maximum absolute atomic E-state index is 9.51. The summed E-state index contributed by atoms with van der Waals surface area (Å²) in [7, 11) is 0. The maximum atomic E-state index is 9.51. The molecule has 1 aliphatic rings. The molecule has 0 saturated carbocycles. The fraction of sp³-hybridized carbons (Fsp3) is 0.294. The van der Waals surface area contributed by atoms with E-state index in [2.05, 4.69) is 48.5 Å².